The van der Waals surface area contributed by atoms with Crippen molar-refractivity contribution in [3.8, 4) is 0 Å². The topological polar surface area (TPSA) is 103 Å². The molecule has 0 aliphatic carbocycles. The summed E-state index contributed by atoms with van der Waals surface area (Å²) >= 11 is 0. The molecule has 1 saturated heterocycles. The Morgan fingerprint density at radius 2 is 2.15 bits per heavy atom. The molecule has 1 atom stereocenters. The van der Waals surface area contributed by atoms with Gasteiger partial charge in [-0.25, -0.2) is 10.5 Å². The van der Waals surface area contributed by atoms with Gasteiger partial charge in [0.25, 0.3) is 5.91 Å². The highest BCUT2D eigenvalue weighted by atomic mass is 16.5. The first-order valence-corrected chi connectivity index (χ1v) is 8.55. The molecule has 8 nitrogen and oxygen atoms in total. The Bertz CT molecular complexity index is 735. The number of hydroxylamine groups is 1. The number of hydrogen-bond acceptors (Lipinski definition) is 7. The van der Waals surface area contributed by atoms with Crippen LogP contribution in [-0.2, 0) is 11.3 Å². The summed E-state index contributed by atoms with van der Waals surface area (Å²) in [7, 11) is 0. The average molecular weight is 354 g/mol. The maximum absolute atomic E-state index is 11.0. The molecule has 2 aromatic rings. The molecule has 26 heavy (non-hydrogen) atoms. The highest BCUT2D eigenvalue weighted by Crippen LogP contribution is 2.16. The summed E-state index contributed by atoms with van der Waals surface area (Å²) in [6, 6.07) is 4.42. The molecule has 0 saturated carbocycles. The molecule has 1 aliphatic heterocycles. The molecule has 0 spiro atoms. The van der Waals surface area contributed by atoms with E-state index in [0.29, 0.717) is 17.6 Å². The Kier molecular flexibility index (Phi) is 6.24. The summed E-state index contributed by atoms with van der Waals surface area (Å²) in [5, 5.41) is 11.9. The highest BCUT2D eigenvalue weighted by Gasteiger charge is 2.20. The molecule has 0 unspecified atom stereocenters. The van der Waals surface area contributed by atoms with Crippen molar-refractivity contribution in [2.24, 2.45) is 0 Å². The van der Waals surface area contributed by atoms with E-state index in [4.69, 9.17) is 5.21 Å². The number of hydrogen-bond donors (Lipinski definition) is 3. The summed E-state index contributed by atoms with van der Waals surface area (Å²) in [5.74, 6) is 0.106. The van der Waals surface area contributed by atoms with Gasteiger partial charge in [-0.15, -0.1) is 0 Å². The normalized spacial score (nSPS) is 18.0. The second kappa shape index (κ2) is 9.02. The third-order valence-electron chi connectivity index (χ3n) is 4.20. The lowest BCUT2D eigenvalue weighted by molar-refractivity contribution is -0.124. The van der Waals surface area contributed by atoms with Crippen LogP contribution in [0.2, 0.25) is 0 Å². The predicted octanol–water partition coefficient (Wildman–Crippen LogP) is 1.47. The molecular formula is C18H22N6O2. The minimum Gasteiger partial charge on any atom is -0.365 e. The number of nitrogens with one attached hydrogen (secondary N) is 2. The first-order valence-electron chi connectivity index (χ1n) is 8.55. The maximum atomic E-state index is 11.0. The van der Waals surface area contributed by atoms with Crippen LogP contribution in [0.3, 0.4) is 0 Å². The van der Waals surface area contributed by atoms with Crippen molar-refractivity contribution in [1.82, 2.24) is 25.3 Å². The lowest BCUT2D eigenvalue weighted by Gasteiger charge is -2.33. The Balaban J connectivity index is 1.53. The highest BCUT2D eigenvalue weighted by molar-refractivity contribution is 5.90. The van der Waals surface area contributed by atoms with E-state index in [1.165, 1.54) is 23.2 Å². The number of pyridine rings is 1. The SMILES string of the molecule is O=C(C=Cc1cnc(N[C@@H]2CCCN(Cc3ccncc3)C2)cn1)NO. The molecule has 3 heterocycles. The Morgan fingerprint density at radius 1 is 1.31 bits per heavy atom. The van der Waals surface area contributed by atoms with Gasteiger partial charge < -0.3 is 5.32 Å². The second-order valence-corrected chi connectivity index (χ2v) is 6.21. The van der Waals surface area contributed by atoms with E-state index in [-0.39, 0.29) is 0 Å². The van der Waals surface area contributed by atoms with Gasteiger partial charge in [-0.3, -0.25) is 24.9 Å². The molecule has 136 valence electrons. The number of aromatic nitrogens is 3. The molecular weight excluding hydrogens is 332 g/mol. The van der Waals surface area contributed by atoms with Crippen molar-refractivity contribution >= 4 is 17.8 Å². The van der Waals surface area contributed by atoms with E-state index in [0.717, 1.165) is 32.5 Å². The molecule has 8 heteroatoms. The van der Waals surface area contributed by atoms with Gasteiger partial charge in [-0.05, 0) is 43.2 Å². The van der Waals surface area contributed by atoms with Crippen molar-refractivity contribution < 1.29 is 10.0 Å². The lowest BCUT2D eigenvalue weighted by atomic mass is 10.0. The Morgan fingerprint density at radius 3 is 2.88 bits per heavy atom. The number of piperidine rings is 1. The fraction of sp³-hybridized carbons (Fsp3) is 0.333. The van der Waals surface area contributed by atoms with Gasteiger partial charge in [0, 0.05) is 37.6 Å². The standard InChI is InChI=1S/C18H22N6O2/c25-18(23-26)4-3-15-10-21-17(11-20-15)22-16-2-1-9-24(13-16)12-14-5-7-19-8-6-14/h3-8,10-11,16,26H,1-2,9,12-13H2,(H,21,22)(H,23,25)/t16-/m1/s1. The summed E-state index contributed by atoms with van der Waals surface area (Å²) in [6.45, 7) is 2.95. The number of amides is 1. The van der Waals surface area contributed by atoms with E-state index in [1.807, 2.05) is 24.5 Å². The van der Waals surface area contributed by atoms with E-state index in [2.05, 4.69) is 25.2 Å². The predicted molar refractivity (Wildman–Crippen MR) is 97.2 cm³/mol. The number of likely N-dealkylation sites (tertiary alicyclic amines) is 1. The monoisotopic (exact) mass is 354 g/mol. The zero-order chi connectivity index (χ0) is 18.2. The van der Waals surface area contributed by atoms with E-state index in [9.17, 15) is 4.79 Å². The number of carbonyl (C=O) groups excluding carboxylic acids is 1. The van der Waals surface area contributed by atoms with Crippen molar-refractivity contribution in [1.29, 1.82) is 0 Å². The number of carbonyl (C=O) groups is 1. The number of nitrogens with zero attached hydrogens (tertiary/aromatic N) is 4. The molecule has 0 bridgehead atoms. The largest absolute Gasteiger partial charge is 0.365 e. The van der Waals surface area contributed by atoms with Crippen LogP contribution in [0.15, 0.2) is 43.0 Å². The molecule has 1 amide bonds. The molecule has 0 aromatic carbocycles. The molecule has 1 aliphatic rings. The van der Waals surface area contributed by atoms with Crippen LogP contribution in [0.5, 0.6) is 0 Å². The molecule has 3 N–H and O–H groups in total. The number of anilines is 1. The van der Waals surface area contributed by atoms with Gasteiger partial charge in [0.15, 0.2) is 0 Å². The Hall–Kier alpha value is -2.84. The smallest absolute Gasteiger partial charge is 0.267 e. The molecule has 3 rings (SSSR count). The van der Waals surface area contributed by atoms with Crippen LogP contribution in [0.25, 0.3) is 6.08 Å². The third-order valence-corrected chi connectivity index (χ3v) is 4.20. The van der Waals surface area contributed by atoms with Gasteiger partial charge in [0.2, 0.25) is 0 Å². The van der Waals surface area contributed by atoms with Crippen molar-refractivity contribution in [2.45, 2.75) is 25.4 Å². The lowest BCUT2D eigenvalue weighted by Crippen LogP contribution is -2.41. The van der Waals surface area contributed by atoms with Gasteiger partial charge in [-0.2, -0.15) is 0 Å². The van der Waals surface area contributed by atoms with Crippen molar-refractivity contribution in [3.05, 3.63) is 54.3 Å². The quantitative estimate of drug-likeness (QED) is 0.410. The summed E-state index contributed by atoms with van der Waals surface area (Å²) < 4.78 is 0. The van der Waals surface area contributed by atoms with Crippen LogP contribution in [-0.4, -0.2) is 50.1 Å². The van der Waals surface area contributed by atoms with Crippen LogP contribution in [0.1, 0.15) is 24.1 Å². The first kappa shape index (κ1) is 18.0. The fourth-order valence-corrected chi connectivity index (χ4v) is 2.97. The molecule has 1 fully saturated rings. The fourth-order valence-electron chi connectivity index (χ4n) is 2.97. The summed E-state index contributed by atoms with van der Waals surface area (Å²) in [6.07, 6.45) is 11.8. The zero-order valence-corrected chi connectivity index (χ0v) is 14.4. The second-order valence-electron chi connectivity index (χ2n) is 6.21. The number of rotatable bonds is 6. The summed E-state index contributed by atoms with van der Waals surface area (Å²) in [5.41, 5.74) is 3.34. The molecule has 2 aromatic heterocycles. The van der Waals surface area contributed by atoms with Crippen LogP contribution in [0.4, 0.5) is 5.82 Å². The van der Waals surface area contributed by atoms with Gasteiger partial charge in [0.1, 0.15) is 5.82 Å². The van der Waals surface area contributed by atoms with Crippen molar-refractivity contribution in [2.75, 3.05) is 18.4 Å². The minimum absolute atomic E-state index is 0.321. The average Bonchev–Trinajstić information content (AvgIpc) is 2.68. The van der Waals surface area contributed by atoms with Gasteiger partial charge in [-0.1, -0.05) is 0 Å². The van der Waals surface area contributed by atoms with Crippen LogP contribution in [0, 0.1) is 0 Å². The van der Waals surface area contributed by atoms with Crippen LogP contribution >= 0.6 is 0 Å². The summed E-state index contributed by atoms with van der Waals surface area (Å²) in [4.78, 5) is 26.0. The first-order chi connectivity index (χ1) is 12.7. The Labute approximate surface area is 152 Å². The van der Waals surface area contributed by atoms with E-state index < -0.39 is 5.91 Å². The van der Waals surface area contributed by atoms with E-state index >= 15 is 0 Å². The van der Waals surface area contributed by atoms with Gasteiger partial charge >= 0.3 is 0 Å². The van der Waals surface area contributed by atoms with E-state index in [1.54, 1.807) is 12.4 Å². The third kappa shape index (κ3) is 5.33. The minimum atomic E-state index is -0.606. The maximum Gasteiger partial charge on any atom is 0.267 e. The molecule has 0 radical (unpaired) electrons. The van der Waals surface area contributed by atoms with Crippen LogP contribution < -0.4 is 10.8 Å². The van der Waals surface area contributed by atoms with Gasteiger partial charge in [0.05, 0.1) is 18.1 Å². The van der Waals surface area contributed by atoms with Crippen molar-refractivity contribution in [3.63, 3.8) is 0 Å². The zero-order valence-electron chi connectivity index (χ0n) is 14.4.